The standard InChI is InChI=1S/C25H22N4OS/c30-25(22-7-4-16-31-22)29-14-10-19(11-15-29)23-21(18-8-12-26-13-9-18)17-27-24(28-23)20-5-2-1-3-6-20/h1-9,12-13,16-17,19H,10-11,14-15H2. The van der Waals surface area contributed by atoms with Crippen LogP contribution in [0.2, 0.25) is 0 Å². The normalized spacial score (nSPS) is 14.5. The van der Waals surface area contributed by atoms with Crippen LogP contribution in [0, 0.1) is 0 Å². The van der Waals surface area contributed by atoms with Crippen molar-refractivity contribution in [2.24, 2.45) is 0 Å². The van der Waals surface area contributed by atoms with Gasteiger partial charge in [-0.3, -0.25) is 9.78 Å². The lowest BCUT2D eigenvalue weighted by molar-refractivity contribution is 0.0717. The van der Waals surface area contributed by atoms with Crippen LogP contribution in [0.1, 0.15) is 34.1 Å². The number of carbonyl (C=O) groups is 1. The van der Waals surface area contributed by atoms with E-state index in [1.807, 2.05) is 71.1 Å². The first kappa shape index (κ1) is 19.6. The number of aromatic nitrogens is 3. The molecule has 1 aliphatic rings. The molecule has 4 heterocycles. The molecule has 154 valence electrons. The van der Waals surface area contributed by atoms with Gasteiger partial charge in [-0.15, -0.1) is 11.3 Å². The molecule has 1 saturated heterocycles. The van der Waals surface area contributed by atoms with Crippen LogP contribution in [0.3, 0.4) is 0 Å². The highest BCUT2D eigenvalue weighted by Crippen LogP contribution is 2.35. The number of piperidine rings is 1. The summed E-state index contributed by atoms with van der Waals surface area (Å²) in [4.78, 5) is 29.4. The molecule has 0 N–H and O–H groups in total. The first-order chi connectivity index (χ1) is 15.3. The number of likely N-dealkylation sites (tertiary alicyclic amines) is 1. The number of benzene rings is 1. The highest BCUT2D eigenvalue weighted by Gasteiger charge is 2.28. The van der Waals surface area contributed by atoms with Crippen LogP contribution in [0.25, 0.3) is 22.5 Å². The van der Waals surface area contributed by atoms with Crippen molar-refractivity contribution in [3.05, 3.63) is 89.1 Å². The van der Waals surface area contributed by atoms with Crippen LogP contribution < -0.4 is 0 Å². The van der Waals surface area contributed by atoms with Crippen LogP contribution in [0.5, 0.6) is 0 Å². The molecule has 6 heteroatoms. The second kappa shape index (κ2) is 8.78. The number of rotatable bonds is 4. The Kier molecular flexibility index (Phi) is 5.54. The molecular formula is C25H22N4OS. The van der Waals surface area contributed by atoms with E-state index in [1.54, 1.807) is 12.4 Å². The molecule has 1 amide bonds. The van der Waals surface area contributed by atoms with E-state index in [-0.39, 0.29) is 11.8 Å². The van der Waals surface area contributed by atoms with Crippen LogP contribution >= 0.6 is 11.3 Å². The van der Waals surface area contributed by atoms with Gasteiger partial charge < -0.3 is 4.90 Å². The van der Waals surface area contributed by atoms with Gasteiger partial charge in [0.1, 0.15) is 0 Å². The van der Waals surface area contributed by atoms with E-state index < -0.39 is 0 Å². The van der Waals surface area contributed by atoms with Gasteiger partial charge in [0, 0.05) is 48.7 Å². The van der Waals surface area contributed by atoms with Gasteiger partial charge in [-0.2, -0.15) is 0 Å². The SMILES string of the molecule is O=C(c1cccs1)N1CCC(c2nc(-c3ccccc3)ncc2-c2ccncc2)CC1. The van der Waals surface area contributed by atoms with Crippen molar-refractivity contribution >= 4 is 17.2 Å². The summed E-state index contributed by atoms with van der Waals surface area (Å²) in [6.07, 6.45) is 7.31. The lowest BCUT2D eigenvalue weighted by atomic mass is 9.89. The van der Waals surface area contributed by atoms with Gasteiger partial charge in [-0.1, -0.05) is 36.4 Å². The first-order valence-corrected chi connectivity index (χ1v) is 11.3. The molecule has 0 spiro atoms. The van der Waals surface area contributed by atoms with E-state index in [4.69, 9.17) is 4.98 Å². The van der Waals surface area contributed by atoms with Crippen molar-refractivity contribution in [1.82, 2.24) is 19.9 Å². The zero-order valence-corrected chi connectivity index (χ0v) is 17.8. The predicted molar refractivity (Wildman–Crippen MR) is 123 cm³/mol. The summed E-state index contributed by atoms with van der Waals surface area (Å²) in [5, 5.41) is 1.95. The number of thiophene rings is 1. The van der Waals surface area contributed by atoms with Gasteiger partial charge in [0.2, 0.25) is 0 Å². The van der Waals surface area contributed by atoms with E-state index in [0.29, 0.717) is 0 Å². The van der Waals surface area contributed by atoms with Gasteiger partial charge in [-0.05, 0) is 42.0 Å². The third-order valence-electron chi connectivity index (χ3n) is 5.74. The molecule has 1 fully saturated rings. The zero-order chi connectivity index (χ0) is 21.0. The molecular weight excluding hydrogens is 404 g/mol. The van der Waals surface area contributed by atoms with Crippen LogP contribution in [0.4, 0.5) is 0 Å². The van der Waals surface area contributed by atoms with E-state index >= 15 is 0 Å². The van der Waals surface area contributed by atoms with Crippen molar-refractivity contribution in [3.63, 3.8) is 0 Å². The number of nitrogens with zero attached hydrogens (tertiary/aromatic N) is 4. The highest BCUT2D eigenvalue weighted by molar-refractivity contribution is 7.12. The Bertz CT molecular complexity index is 1150. The summed E-state index contributed by atoms with van der Waals surface area (Å²) >= 11 is 1.50. The van der Waals surface area contributed by atoms with E-state index in [1.165, 1.54) is 11.3 Å². The fourth-order valence-electron chi connectivity index (χ4n) is 4.10. The maximum Gasteiger partial charge on any atom is 0.263 e. The van der Waals surface area contributed by atoms with Crippen molar-refractivity contribution in [2.45, 2.75) is 18.8 Å². The minimum Gasteiger partial charge on any atom is -0.338 e. The molecule has 3 aromatic heterocycles. The molecule has 1 aliphatic heterocycles. The Morgan fingerprint density at radius 1 is 0.935 bits per heavy atom. The first-order valence-electron chi connectivity index (χ1n) is 10.4. The Balaban J connectivity index is 1.45. The molecule has 0 atom stereocenters. The summed E-state index contributed by atoms with van der Waals surface area (Å²) in [6, 6.07) is 17.9. The molecule has 0 unspecified atom stereocenters. The largest absolute Gasteiger partial charge is 0.338 e. The van der Waals surface area contributed by atoms with Gasteiger partial charge >= 0.3 is 0 Å². The fourth-order valence-corrected chi connectivity index (χ4v) is 4.79. The summed E-state index contributed by atoms with van der Waals surface area (Å²) in [6.45, 7) is 1.48. The minimum atomic E-state index is 0.135. The number of amides is 1. The average Bonchev–Trinajstić information content (AvgIpc) is 3.40. The van der Waals surface area contributed by atoms with E-state index in [2.05, 4.69) is 9.97 Å². The Morgan fingerprint density at radius 2 is 1.71 bits per heavy atom. The number of hydrogen-bond acceptors (Lipinski definition) is 5. The maximum atomic E-state index is 12.7. The number of pyridine rings is 1. The van der Waals surface area contributed by atoms with Crippen molar-refractivity contribution in [3.8, 4) is 22.5 Å². The van der Waals surface area contributed by atoms with Crippen molar-refractivity contribution < 1.29 is 4.79 Å². The molecule has 4 aromatic rings. The lowest BCUT2D eigenvalue weighted by Crippen LogP contribution is -2.37. The van der Waals surface area contributed by atoms with Gasteiger partial charge in [0.15, 0.2) is 5.82 Å². The smallest absolute Gasteiger partial charge is 0.263 e. The molecule has 0 saturated carbocycles. The van der Waals surface area contributed by atoms with E-state index in [9.17, 15) is 4.79 Å². The highest BCUT2D eigenvalue weighted by atomic mass is 32.1. The maximum absolute atomic E-state index is 12.7. The summed E-state index contributed by atoms with van der Waals surface area (Å²) in [7, 11) is 0. The minimum absolute atomic E-state index is 0.135. The van der Waals surface area contributed by atoms with Crippen LogP contribution in [-0.4, -0.2) is 38.8 Å². The van der Waals surface area contributed by atoms with Crippen LogP contribution in [0.15, 0.2) is 78.6 Å². The molecule has 31 heavy (non-hydrogen) atoms. The second-order valence-electron chi connectivity index (χ2n) is 7.64. The topological polar surface area (TPSA) is 59.0 Å². The Morgan fingerprint density at radius 3 is 2.42 bits per heavy atom. The molecule has 0 radical (unpaired) electrons. The van der Waals surface area contributed by atoms with Gasteiger partial charge in [-0.25, -0.2) is 9.97 Å². The summed E-state index contributed by atoms with van der Waals surface area (Å²) in [5.41, 5.74) is 4.19. The second-order valence-corrected chi connectivity index (χ2v) is 8.59. The van der Waals surface area contributed by atoms with Crippen molar-refractivity contribution in [1.29, 1.82) is 0 Å². The number of carbonyl (C=O) groups excluding carboxylic acids is 1. The van der Waals surface area contributed by atoms with E-state index in [0.717, 1.165) is 59.0 Å². The monoisotopic (exact) mass is 426 g/mol. The summed E-state index contributed by atoms with van der Waals surface area (Å²) < 4.78 is 0. The van der Waals surface area contributed by atoms with Gasteiger partial charge in [0.05, 0.1) is 10.6 Å². The third kappa shape index (κ3) is 4.11. The van der Waals surface area contributed by atoms with Crippen molar-refractivity contribution in [2.75, 3.05) is 13.1 Å². The Labute approximate surface area is 185 Å². The third-order valence-corrected chi connectivity index (χ3v) is 6.60. The predicted octanol–water partition coefficient (Wildman–Crippen LogP) is 5.29. The fraction of sp³-hybridized carbons (Fsp3) is 0.200. The zero-order valence-electron chi connectivity index (χ0n) is 17.0. The average molecular weight is 427 g/mol. The molecule has 0 aliphatic carbocycles. The molecule has 0 bridgehead atoms. The quantitative estimate of drug-likeness (QED) is 0.445. The number of hydrogen-bond donors (Lipinski definition) is 0. The van der Waals surface area contributed by atoms with Crippen LogP contribution in [-0.2, 0) is 0 Å². The summed E-state index contributed by atoms with van der Waals surface area (Å²) in [5.74, 6) is 1.15. The van der Waals surface area contributed by atoms with Gasteiger partial charge in [0.25, 0.3) is 5.91 Å². The Hall–Kier alpha value is -3.38. The lowest BCUT2D eigenvalue weighted by Gasteiger charge is -2.32. The molecule has 1 aromatic carbocycles. The molecule has 5 rings (SSSR count). The molecule has 5 nitrogen and oxygen atoms in total.